The standard InChI is InChI=1S/C8H8O4/c1-12-8(11)6-4-5(9)2-3-7(6)10/h2-4,8,11H,1H3. The summed E-state index contributed by atoms with van der Waals surface area (Å²) in [5, 5.41) is 9.07. The van der Waals surface area contributed by atoms with Crippen LogP contribution in [0.4, 0.5) is 0 Å². The minimum Gasteiger partial charge on any atom is -0.364 e. The molecule has 64 valence electrons. The van der Waals surface area contributed by atoms with Crippen LogP contribution in [0, 0.1) is 0 Å². The minimum absolute atomic E-state index is 0.0231. The summed E-state index contributed by atoms with van der Waals surface area (Å²) in [5.41, 5.74) is -0.0231. The number of hydrogen-bond acceptors (Lipinski definition) is 4. The van der Waals surface area contributed by atoms with Crippen LogP contribution in [0.2, 0.25) is 0 Å². The minimum atomic E-state index is -1.31. The highest BCUT2D eigenvalue weighted by Crippen LogP contribution is 2.10. The molecule has 0 heterocycles. The van der Waals surface area contributed by atoms with Crippen molar-refractivity contribution in [2.45, 2.75) is 6.29 Å². The average Bonchev–Trinajstić information content (AvgIpc) is 2.08. The first-order valence-electron chi connectivity index (χ1n) is 3.34. The maximum atomic E-state index is 11.0. The van der Waals surface area contributed by atoms with Crippen LogP contribution in [-0.4, -0.2) is 30.1 Å². The molecule has 0 fully saturated rings. The van der Waals surface area contributed by atoms with E-state index in [4.69, 9.17) is 5.11 Å². The number of ketones is 2. The molecule has 0 bridgehead atoms. The zero-order valence-electron chi connectivity index (χ0n) is 6.48. The molecule has 1 unspecified atom stereocenters. The van der Waals surface area contributed by atoms with Gasteiger partial charge in [-0.05, 0) is 18.2 Å². The average molecular weight is 168 g/mol. The molecular formula is C8H8O4. The Hall–Kier alpha value is -1.26. The molecule has 1 N–H and O–H groups in total. The smallest absolute Gasteiger partial charge is 0.187 e. The fourth-order valence-corrected chi connectivity index (χ4v) is 0.847. The normalized spacial score (nSPS) is 19.3. The molecule has 4 heteroatoms. The number of carbonyl (C=O) groups is 2. The van der Waals surface area contributed by atoms with Gasteiger partial charge in [-0.25, -0.2) is 0 Å². The van der Waals surface area contributed by atoms with Crippen molar-refractivity contribution in [3.63, 3.8) is 0 Å². The highest BCUT2D eigenvalue weighted by molar-refractivity contribution is 6.17. The van der Waals surface area contributed by atoms with Crippen molar-refractivity contribution >= 4 is 11.6 Å². The van der Waals surface area contributed by atoms with Gasteiger partial charge in [0.05, 0.1) is 5.57 Å². The van der Waals surface area contributed by atoms with Gasteiger partial charge in [-0.3, -0.25) is 9.59 Å². The molecule has 0 radical (unpaired) electrons. The van der Waals surface area contributed by atoms with Crippen LogP contribution in [0.15, 0.2) is 23.8 Å². The first kappa shape index (κ1) is 8.83. The molecule has 1 atom stereocenters. The van der Waals surface area contributed by atoms with Crippen molar-refractivity contribution in [3.8, 4) is 0 Å². The van der Waals surface area contributed by atoms with Crippen LogP contribution >= 0.6 is 0 Å². The van der Waals surface area contributed by atoms with Crippen molar-refractivity contribution in [1.29, 1.82) is 0 Å². The SMILES string of the molecule is COC(O)C1=CC(=O)C=CC1=O. The van der Waals surface area contributed by atoms with Crippen LogP contribution in [-0.2, 0) is 14.3 Å². The second-order valence-corrected chi connectivity index (χ2v) is 2.29. The van der Waals surface area contributed by atoms with E-state index in [1.165, 1.54) is 7.11 Å². The molecule has 0 aromatic rings. The number of hydrogen-bond donors (Lipinski definition) is 1. The maximum absolute atomic E-state index is 11.0. The van der Waals surface area contributed by atoms with Crippen LogP contribution in [0.5, 0.6) is 0 Å². The molecule has 12 heavy (non-hydrogen) atoms. The van der Waals surface area contributed by atoms with Gasteiger partial charge in [-0.15, -0.1) is 0 Å². The second-order valence-electron chi connectivity index (χ2n) is 2.29. The predicted molar refractivity (Wildman–Crippen MR) is 40.3 cm³/mol. The molecule has 1 rings (SSSR count). The third-order valence-corrected chi connectivity index (χ3v) is 1.47. The van der Waals surface area contributed by atoms with Crippen molar-refractivity contribution in [1.82, 2.24) is 0 Å². The number of methoxy groups -OCH3 is 1. The van der Waals surface area contributed by atoms with E-state index in [1.54, 1.807) is 0 Å². The number of carbonyl (C=O) groups excluding carboxylic acids is 2. The lowest BCUT2D eigenvalue weighted by molar-refractivity contribution is -0.119. The molecule has 0 spiro atoms. The lowest BCUT2D eigenvalue weighted by atomic mass is 10.0. The molecule has 0 amide bonds. The summed E-state index contributed by atoms with van der Waals surface area (Å²) in [6.45, 7) is 0. The fourth-order valence-electron chi connectivity index (χ4n) is 0.847. The first-order valence-corrected chi connectivity index (χ1v) is 3.34. The van der Waals surface area contributed by atoms with E-state index in [2.05, 4.69) is 4.74 Å². The quantitative estimate of drug-likeness (QED) is 0.449. The molecule has 1 aliphatic rings. The third kappa shape index (κ3) is 1.66. The van der Waals surface area contributed by atoms with Gasteiger partial charge in [0.1, 0.15) is 0 Å². The Kier molecular flexibility index (Phi) is 2.52. The molecule has 0 saturated carbocycles. The van der Waals surface area contributed by atoms with Crippen molar-refractivity contribution in [2.75, 3.05) is 7.11 Å². The van der Waals surface area contributed by atoms with E-state index < -0.39 is 12.1 Å². The summed E-state index contributed by atoms with van der Waals surface area (Å²) in [6, 6.07) is 0. The van der Waals surface area contributed by atoms with E-state index >= 15 is 0 Å². The van der Waals surface area contributed by atoms with Gasteiger partial charge in [0.2, 0.25) is 0 Å². The van der Waals surface area contributed by atoms with E-state index in [1.807, 2.05) is 0 Å². The van der Waals surface area contributed by atoms with Crippen LogP contribution in [0.25, 0.3) is 0 Å². The number of rotatable bonds is 2. The number of aliphatic hydroxyl groups is 1. The zero-order valence-corrected chi connectivity index (χ0v) is 6.48. The van der Waals surface area contributed by atoms with Crippen molar-refractivity contribution in [2.24, 2.45) is 0 Å². The molecule has 4 nitrogen and oxygen atoms in total. The Morgan fingerprint density at radius 1 is 1.42 bits per heavy atom. The number of aliphatic hydroxyl groups excluding tert-OH is 1. The highest BCUT2D eigenvalue weighted by atomic mass is 16.6. The summed E-state index contributed by atoms with van der Waals surface area (Å²) in [7, 11) is 1.25. The summed E-state index contributed by atoms with van der Waals surface area (Å²) in [4.78, 5) is 21.8. The van der Waals surface area contributed by atoms with Gasteiger partial charge in [0.25, 0.3) is 0 Å². The monoisotopic (exact) mass is 168 g/mol. The Morgan fingerprint density at radius 2 is 2.08 bits per heavy atom. The van der Waals surface area contributed by atoms with Gasteiger partial charge in [-0.2, -0.15) is 0 Å². The van der Waals surface area contributed by atoms with E-state index in [0.717, 1.165) is 18.2 Å². The Labute approximate surface area is 69.1 Å². The van der Waals surface area contributed by atoms with Crippen molar-refractivity contribution in [3.05, 3.63) is 23.8 Å². The van der Waals surface area contributed by atoms with E-state index in [0.29, 0.717) is 0 Å². The van der Waals surface area contributed by atoms with Crippen LogP contribution in [0.1, 0.15) is 0 Å². The summed E-state index contributed by atoms with van der Waals surface area (Å²) in [5.74, 6) is -0.718. The van der Waals surface area contributed by atoms with Gasteiger partial charge in [0.15, 0.2) is 17.9 Å². The Balaban J connectivity index is 2.88. The van der Waals surface area contributed by atoms with E-state index in [-0.39, 0.29) is 11.4 Å². The topological polar surface area (TPSA) is 63.6 Å². The molecule has 0 aliphatic heterocycles. The van der Waals surface area contributed by atoms with Gasteiger partial charge >= 0.3 is 0 Å². The third-order valence-electron chi connectivity index (χ3n) is 1.47. The predicted octanol–water partition coefficient (Wildman–Crippen LogP) is -0.414. The Bertz CT molecular complexity index is 275. The van der Waals surface area contributed by atoms with Crippen LogP contribution in [0.3, 0.4) is 0 Å². The Morgan fingerprint density at radius 3 is 2.67 bits per heavy atom. The zero-order chi connectivity index (χ0) is 9.14. The van der Waals surface area contributed by atoms with Gasteiger partial charge in [0, 0.05) is 7.11 Å². The lowest BCUT2D eigenvalue weighted by Gasteiger charge is -2.11. The largest absolute Gasteiger partial charge is 0.364 e. The molecule has 1 aliphatic carbocycles. The molecular weight excluding hydrogens is 160 g/mol. The molecule has 0 saturated heterocycles. The second kappa shape index (κ2) is 3.42. The van der Waals surface area contributed by atoms with Gasteiger partial charge < -0.3 is 9.84 Å². The number of allylic oxidation sites excluding steroid dienone is 3. The summed E-state index contributed by atoms with van der Waals surface area (Å²) < 4.78 is 4.49. The first-order chi connectivity index (χ1) is 5.65. The van der Waals surface area contributed by atoms with Gasteiger partial charge in [-0.1, -0.05) is 0 Å². The highest BCUT2D eigenvalue weighted by Gasteiger charge is 2.19. The molecule has 0 aromatic carbocycles. The maximum Gasteiger partial charge on any atom is 0.187 e. The summed E-state index contributed by atoms with van der Waals surface area (Å²) >= 11 is 0. The van der Waals surface area contributed by atoms with Crippen molar-refractivity contribution < 1.29 is 19.4 Å². The summed E-state index contributed by atoms with van der Waals surface area (Å²) in [6.07, 6.45) is 2.01. The molecule has 0 aromatic heterocycles. The number of ether oxygens (including phenoxy) is 1. The van der Waals surface area contributed by atoms with E-state index in [9.17, 15) is 9.59 Å². The van der Waals surface area contributed by atoms with Crippen LogP contribution < -0.4 is 0 Å². The fraction of sp³-hybridized carbons (Fsp3) is 0.250. The lowest BCUT2D eigenvalue weighted by Crippen LogP contribution is -2.21.